The minimum absolute atomic E-state index is 0.0243. The number of carbonyl (C=O) groups is 3. The van der Waals surface area contributed by atoms with Crippen LogP contribution in [-0.4, -0.2) is 65.5 Å². The summed E-state index contributed by atoms with van der Waals surface area (Å²) in [5.41, 5.74) is 0.580. The molecule has 34 heavy (non-hydrogen) atoms. The van der Waals surface area contributed by atoms with Crippen molar-refractivity contribution in [2.45, 2.75) is 77.2 Å². The van der Waals surface area contributed by atoms with Crippen LogP contribution in [0.15, 0.2) is 24.3 Å². The zero-order valence-electron chi connectivity index (χ0n) is 22.1. The van der Waals surface area contributed by atoms with Gasteiger partial charge in [-0.05, 0) is 70.2 Å². The number of hydrogen-bond donors (Lipinski definition) is 0. The standard InChI is InChI=1S/C26H41NO6S/c1-25(2,3)33-24(30)27-21(13-14-32-34(8,9)26(4,5)6)17-20(22(27)28)16-18-11-10-12-19(15-18)23(29)31-7/h10-12,15,20-21H,13-14,16-17H2,1-9H3/t20-,21-/m1/s1. The van der Waals surface area contributed by atoms with E-state index in [9.17, 15) is 14.4 Å². The Morgan fingerprint density at radius 3 is 2.32 bits per heavy atom. The average molecular weight is 496 g/mol. The molecule has 0 spiro atoms. The van der Waals surface area contributed by atoms with E-state index >= 15 is 0 Å². The van der Waals surface area contributed by atoms with Gasteiger partial charge in [0.15, 0.2) is 0 Å². The van der Waals surface area contributed by atoms with Crippen molar-refractivity contribution in [1.82, 2.24) is 4.90 Å². The first-order chi connectivity index (χ1) is 15.6. The first kappa shape index (κ1) is 28.2. The summed E-state index contributed by atoms with van der Waals surface area (Å²) >= 11 is 0. The monoisotopic (exact) mass is 495 g/mol. The highest BCUT2D eigenvalue weighted by atomic mass is 32.3. The van der Waals surface area contributed by atoms with Gasteiger partial charge < -0.3 is 13.7 Å². The van der Waals surface area contributed by atoms with Crippen molar-refractivity contribution in [1.29, 1.82) is 0 Å². The smallest absolute Gasteiger partial charge is 0.417 e. The number of rotatable bonds is 7. The Hall–Kier alpha value is -2.06. The second-order valence-corrected chi connectivity index (χ2v) is 15.1. The van der Waals surface area contributed by atoms with Crippen LogP contribution in [0.2, 0.25) is 0 Å². The van der Waals surface area contributed by atoms with Crippen molar-refractivity contribution in [3.8, 4) is 0 Å². The number of nitrogens with zero attached hydrogens (tertiary/aromatic N) is 1. The average Bonchev–Trinajstić information content (AvgIpc) is 3.00. The summed E-state index contributed by atoms with van der Waals surface area (Å²) in [6.07, 6.45) is 5.16. The second-order valence-electron chi connectivity index (χ2n) is 11.1. The number of methoxy groups -OCH3 is 1. The van der Waals surface area contributed by atoms with Gasteiger partial charge in [0.1, 0.15) is 5.60 Å². The van der Waals surface area contributed by atoms with Gasteiger partial charge in [-0.2, -0.15) is 0 Å². The number of imide groups is 1. The van der Waals surface area contributed by atoms with Crippen LogP contribution in [-0.2, 0) is 24.9 Å². The highest BCUT2D eigenvalue weighted by Crippen LogP contribution is 2.53. The number of hydrogen-bond acceptors (Lipinski definition) is 6. The molecule has 2 amide bonds. The van der Waals surface area contributed by atoms with E-state index in [1.54, 1.807) is 39.0 Å². The van der Waals surface area contributed by atoms with Crippen LogP contribution in [0.3, 0.4) is 0 Å². The lowest BCUT2D eigenvalue weighted by Gasteiger charge is -2.44. The van der Waals surface area contributed by atoms with E-state index in [2.05, 4.69) is 33.3 Å². The van der Waals surface area contributed by atoms with Crippen LogP contribution in [0.4, 0.5) is 4.79 Å². The first-order valence-corrected chi connectivity index (χ1v) is 14.0. The normalized spacial score (nSPS) is 19.8. The van der Waals surface area contributed by atoms with Gasteiger partial charge in [0, 0.05) is 16.7 Å². The topological polar surface area (TPSA) is 82.1 Å². The van der Waals surface area contributed by atoms with Gasteiger partial charge in [-0.3, -0.25) is 4.79 Å². The first-order valence-electron chi connectivity index (χ1n) is 11.7. The molecule has 0 aromatic heterocycles. The fourth-order valence-electron chi connectivity index (χ4n) is 3.68. The zero-order chi connectivity index (χ0) is 25.9. The molecule has 2 rings (SSSR count). The molecule has 1 saturated heterocycles. The molecule has 1 aliphatic rings. The molecule has 0 saturated carbocycles. The van der Waals surface area contributed by atoms with E-state index < -0.39 is 28.0 Å². The summed E-state index contributed by atoms with van der Waals surface area (Å²) in [6, 6.07) is 6.77. The molecule has 192 valence electrons. The SMILES string of the molecule is COC(=O)c1cccc(C[C@@H]2C[C@@H](CCOS(C)(C)C(C)(C)C)N(C(=O)OC(C)(C)C)C2=O)c1. The molecule has 1 aliphatic heterocycles. The minimum atomic E-state index is -1.31. The number of ether oxygens (including phenoxy) is 2. The van der Waals surface area contributed by atoms with Gasteiger partial charge in [-0.25, -0.2) is 14.5 Å². The van der Waals surface area contributed by atoms with Crippen molar-refractivity contribution < 1.29 is 28.0 Å². The van der Waals surface area contributed by atoms with E-state index in [1.807, 2.05) is 6.07 Å². The molecule has 0 bridgehead atoms. The summed E-state index contributed by atoms with van der Waals surface area (Å²) in [6.45, 7) is 12.3. The van der Waals surface area contributed by atoms with E-state index in [0.29, 0.717) is 31.4 Å². The third-order valence-corrected chi connectivity index (χ3v) is 9.94. The predicted octanol–water partition coefficient (Wildman–Crippen LogP) is 5.35. The van der Waals surface area contributed by atoms with Gasteiger partial charge in [0.2, 0.25) is 5.91 Å². The quantitative estimate of drug-likeness (QED) is 0.474. The summed E-state index contributed by atoms with van der Waals surface area (Å²) in [5.74, 6) is -1.05. The van der Waals surface area contributed by atoms with Gasteiger partial charge in [-0.15, -0.1) is 10.3 Å². The third kappa shape index (κ3) is 7.22. The molecule has 1 fully saturated rings. The number of benzene rings is 1. The van der Waals surface area contributed by atoms with Gasteiger partial charge in [-0.1, -0.05) is 32.9 Å². The van der Waals surface area contributed by atoms with Crippen LogP contribution in [0.5, 0.6) is 0 Å². The molecule has 8 heteroatoms. The van der Waals surface area contributed by atoms with Crippen LogP contribution in [0.1, 0.15) is 70.3 Å². The number of carbonyl (C=O) groups excluding carboxylic acids is 3. The van der Waals surface area contributed by atoms with E-state index in [4.69, 9.17) is 13.7 Å². The Balaban J connectivity index is 2.20. The van der Waals surface area contributed by atoms with Gasteiger partial charge >= 0.3 is 12.1 Å². The Bertz CT molecular complexity index is 899. The maximum absolute atomic E-state index is 13.3. The van der Waals surface area contributed by atoms with E-state index in [-0.39, 0.29) is 22.6 Å². The molecular formula is C26H41NO6S. The van der Waals surface area contributed by atoms with E-state index in [0.717, 1.165) is 5.56 Å². The molecule has 7 nitrogen and oxygen atoms in total. The Morgan fingerprint density at radius 1 is 1.12 bits per heavy atom. The zero-order valence-corrected chi connectivity index (χ0v) is 22.9. The molecule has 1 aromatic carbocycles. The second kappa shape index (κ2) is 10.7. The molecule has 0 aliphatic carbocycles. The molecule has 0 unspecified atom stereocenters. The molecule has 1 aromatic rings. The number of amides is 2. The minimum Gasteiger partial charge on any atom is -0.465 e. The maximum Gasteiger partial charge on any atom is 0.417 e. The highest BCUT2D eigenvalue weighted by molar-refractivity contribution is 8.29. The predicted molar refractivity (Wildman–Crippen MR) is 136 cm³/mol. The number of esters is 1. The van der Waals surface area contributed by atoms with Crippen LogP contribution in [0.25, 0.3) is 0 Å². The fraction of sp³-hybridized carbons (Fsp3) is 0.654. The summed E-state index contributed by atoms with van der Waals surface area (Å²) < 4.78 is 16.7. The van der Waals surface area contributed by atoms with Gasteiger partial charge in [0.25, 0.3) is 0 Å². The molecule has 1 heterocycles. The van der Waals surface area contributed by atoms with Crippen molar-refractivity contribution in [2.24, 2.45) is 5.92 Å². The third-order valence-electron chi connectivity index (χ3n) is 6.23. The lowest BCUT2D eigenvalue weighted by Crippen LogP contribution is -2.43. The van der Waals surface area contributed by atoms with Crippen LogP contribution < -0.4 is 0 Å². The molecule has 0 N–H and O–H groups in total. The molecular weight excluding hydrogens is 454 g/mol. The Labute approximate surface area is 206 Å². The summed E-state index contributed by atoms with van der Waals surface area (Å²) in [5, 5.41) is 0. The Kier molecular flexibility index (Phi) is 8.86. The van der Waals surface area contributed by atoms with Crippen molar-refractivity contribution in [3.63, 3.8) is 0 Å². The summed E-state index contributed by atoms with van der Waals surface area (Å²) in [7, 11) is 0.0264. The van der Waals surface area contributed by atoms with Gasteiger partial charge in [0.05, 0.1) is 19.3 Å². The van der Waals surface area contributed by atoms with Crippen molar-refractivity contribution in [2.75, 3.05) is 26.2 Å². The lowest BCUT2D eigenvalue weighted by atomic mass is 9.94. The number of likely N-dealkylation sites (tertiary alicyclic amines) is 1. The lowest BCUT2D eigenvalue weighted by molar-refractivity contribution is -0.131. The molecule has 2 atom stereocenters. The van der Waals surface area contributed by atoms with Crippen molar-refractivity contribution in [3.05, 3.63) is 35.4 Å². The highest BCUT2D eigenvalue weighted by Gasteiger charge is 2.44. The fourth-order valence-corrected chi connectivity index (χ4v) is 4.54. The molecule has 0 radical (unpaired) electrons. The maximum atomic E-state index is 13.3. The Morgan fingerprint density at radius 2 is 1.76 bits per heavy atom. The van der Waals surface area contributed by atoms with Crippen molar-refractivity contribution >= 4 is 28.3 Å². The van der Waals surface area contributed by atoms with E-state index in [1.165, 1.54) is 12.0 Å². The largest absolute Gasteiger partial charge is 0.465 e. The van der Waals surface area contributed by atoms with Crippen LogP contribution in [0, 0.1) is 5.92 Å². The van der Waals surface area contributed by atoms with Crippen LogP contribution >= 0.6 is 10.3 Å². The summed E-state index contributed by atoms with van der Waals surface area (Å²) in [4.78, 5) is 39.5.